The van der Waals surface area contributed by atoms with Gasteiger partial charge in [0.05, 0.1) is 18.5 Å². The Hall–Kier alpha value is -2.45. The Kier molecular flexibility index (Phi) is 6.54. The number of hydrogen-bond acceptors (Lipinski definition) is 5. The molecule has 0 saturated carbocycles. The van der Waals surface area contributed by atoms with Gasteiger partial charge in [-0.15, -0.1) is 0 Å². The van der Waals surface area contributed by atoms with Crippen LogP contribution >= 0.6 is 11.6 Å². The predicted octanol–water partition coefficient (Wildman–Crippen LogP) is 2.84. The van der Waals surface area contributed by atoms with Crippen LogP contribution in [0, 0.1) is 0 Å². The molecule has 0 radical (unpaired) electrons. The molecular weight excluding hydrogens is 416 g/mol. The second-order valence-corrected chi connectivity index (χ2v) is 9.00. The quantitative estimate of drug-likeness (QED) is 0.718. The molecule has 29 heavy (non-hydrogen) atoms. The Morgan fingerprint density at radius 1 is 1.21 bits per heavy atom. The fourth-order valence-electron chi connectivity index (χ4n) is 3.14. The van der Waals surface area contributed by atoms with E-state index in [1.165, 1.54) is 0 Å². The van der Waals surface area contributed by atoms with Gasteiger partial charge in [0.1, 0.15) is 18.8 Å². The van der Waals surface area contributed by atoms with Gasteiger partial charge in [0.15, 0.2) is 11.5 Å². The molecule has 1 N–H and O–H groups in total. The van der Waals surface area contributed by atoms with Gasteiger partial charge in [-0.05, 0) is 42.8 Å². The molecular formula is C20H23ClN2O5S. The van der Waals surface area contributed by atoms with Crippen LogP contribution in [0.15, 0.2) is 48.5 Å². The topological polar surface area (TPSA) is 84.9 Å². The summed E-state index contributed by atoms with van der Waals surface area (Å²) in [5.41, 5.74) is 0.380. The second-order valence-electron chi connectivity index (χ2n) is 6.70. The van der Waals surface area contributed by atoms with Crippen molar-refractivity contribution >= 4 is 33.2 Å². The maximum absolute atomic E-state index is 12.9. The Bertz CT molecular complexity index is 965. The van der Waals surface area contributed by atoms with Crippen molar-refractivity contribution in [3.05, 3.63) is 53.6 Å². The van der Waals surface area contributed by atoms with E-state index >= 15 is 0 Å². The number of sulfonamides is 1. The number of carbonyl (C=O) groups is 1. The number of nitrogens with one attached hydrogen (secondary N) is 1. The number of fused-ring (bicyclic) bond motifs is 1. The maximum atomic E-state index is 12.9. The average molecular weight is 439 g/mol. The summed E-state index contributed by atoms with van der Waals surface area (Å²) in [6, 6.07) is 12.7. The number of nitrogens with zero attached hydrogens (tertiary/aromatic N) is 1. The van der Waals surface area contributed by atoms with Crippen LogP contribution in [0.4, 0.5) is 5.69 Å². The third-order valence-corrected chi connectivity index (χ3v) is 5.91. The van der Waals surface area contributed by atoms with Crippen LogP contribution in [0.1, 0.15) is 13.3 Å². The van der Waals surface area contributed by atoms with Crippen molar-refractivity contribution in [2.24, 2.45) is 0 Å². The van der Waals surface area contributed by atoms with Crippen molar-refractivity contribution in [3.8, 4) is 11.5 Å². The van der Waals surface area contributed by atoms with E-state index in [2.05, 4.69) is 5.32 Å². The zero-order valence-corrected chi connectivity index (χ0v) is 17.7. The van der Waals surface area contributed by atoms with Gasteiger partial charge in [-0.3, -0.25) is 9.10 Å². The number of amides is 1. The first-order valence-corrected chi connectivity index (χ1v) is 11.4. The van der Waals surface area contributed by atoms with Gasteiger partial charge in [-0.1, -0.05) is 30.7 Å². The van der Waals surface area contributed by atoms with E-state index in [-0.39, 0.29) is 12.6 Å². The van der Waals surface area contributed by atoms with Crippen molar-refractivity contribution in [1.29, 1.82) is 0 Å². The molecule has 2 aromatic rings. The van der Waals surface area contributed by atoms with E-state index in [0.717, 1.165) is 10.6 Å². The number of ether oxygens (including phenoxy) is 2. The fraction of sp³-hybridized carbons (Fsp3) is 0.350. The summed E-state index contributed by atoms with van der Waals surface area (Å²) < 4.78 is 37.5. The SMILES string of the molecule is CC[C@H](C(=O)NC[C@@H]1COc2ccccc2O1)N(c1ccc(Cl)cc1)S(C)(=O)=O. The van der Waals surface area contributed by atoms with E-state index in [9.17, 15) is 13.2 Å². The summed E-state index contributed by atoms with van der Waals surface area (Å²) in [4.78, 5) is 12.9. The highest BCUT2D eigenvalue weighted by Crippen LogP contribution is 2.30. The van der Waals surface area contributed by atoms with Crippen molar-refractivity contribution < 1.29 is 22.7 Å². The molecule has 0 bridgehead atoms. The van der Waals surface area contributed by atoms with Crippen LogP contribution in [-0.2, 0) is 14.8 Å². The molecule has 2 atom stereocenters. The molecule has 0 spiro atoms. The lowest BCUT2D eigenvalue weighted by Crippen LogP contribution is -2.51. The van der Waals surface area contributed by atoms with Crippen molar-refractivity contribution in [1.82, 2.24) is 5.32 Å². The molecule has 0 aliphatic carbocycles. The number of anilines is 1. The summed E-state index contributed by atoms with van der Waals surface area (Å²) >= 11 is 5.91. The van der Waals surface area contributed by atoms with E-state index in [1.54, 1.807) is 37.3 Å². The zero-order valence-electron chi connectivity index (χ0n) is 16.2. The predicted molar refractivity (Wildman–Crippen MR) is 112 cm³/mol. The van der Waals surface area contributed by atoms with E-state index in [0.29, 0.717) is 35.2 Å². The first-order valence-electron chi connectivity index (χ1n) is 9.20. The summed E-state index contributed by atoms with van der Waals surface area (Å²) in [6.45, 7) is 2.25. The number of hydrogen-bond donors (Lipinski definition) is 1. The maximum Gasteiger partial charge on any atom is 0.244 e. The smallest absolute Gasteiger partial charge is 0.244 e. The molecule has 9 heteroatoms. The Morgan fingerprint density at radius 2 is 1.86 bits per heavy atom. The molecule has 156 valence electrons. The van der Waals surface area contributed by atoms with Crippen LogP contribution in [0.3, 0.4) is 0 Å². The minimum atomic E-state index is -3.70. The lowest BCUT2D eigenvalue weighted by Gasteiger charge is -2.31. The highest BCUT2D eigenvalue weighted by Gasteiger charge is 2.32. The molecule has 3 rings (SSSR count). The largest absolute Gasteiger partial charge is 0.486 e. The highest BCUT2D eigenvalue weighted by atomic mass is 35.5. The Labute approximate surface area is 175 Å². The van der Waals surface area contributed by atoms with Gasteiger partial charge < -0.3 is 14.8 Å². The molecule has 0 saturated heterocycles. The third-order valence-electron chi connectivity index (χ3n) is 4.48. The first kappa shape index (κ1) is 21.3. The third kappa shape index (κ3) is 5.13. The van der Waals surface area contributed by atoms with Gasteiger partial charge in [-0.2, -0.15) is 0 Å². The van der Waals surface area contributed by atoms with Gasteiger partial charge in [0.25, 0.3) is 0 Å². The normalized spacial score (nSPS) is 16.7. The molecule has 7 nitrogen and oxygen atoms in total. The van der Waals surface area contributed by atoms with Crippen LogP contribution in [-0.4, -0.2) is 45.9 Å². The van der Waals surface area contributed by atoms with Gasteiger partial charge in [0, 0.05) is 5.02 Å². The molecule has 1 amide bonds. The Balaban J connectivity index is 1.71. The molecule has 1 aliphatic heterocycles. The van der Waals surface area contributed by atoms with Crippen LogP contribution in [0.5, 0.6) is 11.5 Å². The lowest BCUT2D eigenvalue weighted by molar-refractivity contribution is -0.122. The second kappa shape index (κ2) is 8.92. The minimum absolute atomic E-state index is 0.196. The van der Waals surface area contributed by atoms with Gasteiger partial charge in [-0.25, -0.2) is 8.42 Å². The number of carbonyl (C=O) groups excluding carboxylic acids is 1. The first-order chi connectivity index (χ1) is 13.8. The summed E-state index contributed by atoms with van der Waals surface area (Å²) in [5, 5.41) is 3.27. The summed E-state index contributed by atoms with van der Waals surface area (Å²) in [6.07, 6.45) is 1.01. The molecule has 1 aliphatic rings. The van der Waals surface area contributed by atoms with E-state index in [4.69, 9.17) is 21.1 Å². The molecule has 2 aromatic carbocycles. The number of rotatable bonds is 7. The van der Waals surface area contributed by atoms with E-state index < -0.39 is 22.0 Å². The molecule has 0 aromatic heterocycles. The van der Waals surface area contributed by atoms with Crippen molar-refractivity contribution in [2.45, 2.75) is 25.5 Å². The molecule has 1 heterocycles. The summed E-state index contributed by atoms with van der Waals surface area (Å²) in [5.74, 6) is 0.867. The van der Waals surface area contributed by atoms with Crippen LogP contribution in [0.25, 0.3) is 0 Å². The van der Waals surface area contributed by atoms with Gasteiger partial charge in [0.2, 0.25) is 15.9 Å². The van der Waals surface area contributed by atoms with Gasteiger partial charge >= 0.3 is 0 Å². The molecule has 0 unspecified atom stereocenters. The monoisotopic (exact) mass is 438 g/mol. The number of benzene rings is 2. The minimum Gasteiger partial charge on any atom is -0.486 e. The summed E-state index contributed by atoms with van der Waals surface area (Å²) in [7, 11) is -3.70. The Morgan fingerprint density at radius 3 is 2.48 bits per heavy atom. The van der Waals surface area contributed by atoms with E-state index in [1.807, 2.05) is 18.2 Å². The van der Waals surface area contributed by atoms with Crippen LogP contribution < -0.4 is 19.1 Å². The number of para-hydroxylation sites is 2. The number of halogens is 1. The van der Waals surface area contributed by atoms with Crippen molar-refractivity contribution in [2.75, 3.05) is 23.7 Å². The average Bonchev–Trinajstić information content (AvgIpc) is 2.70. The lowest BCUT2D eigenvalue weighted by atomic mass is 10.2. The van der Waals surface area contributed by atoms with Crippen molar-refractivity contribution in [3.63, 3.8) is 0 Å². The highest BCUT2D eigenvalue weighted by molar-refractivity contribution is 7.92. The van der Waals surface area contributed by atoms with Crippen LogP contribution in [0.2, 0.25) is 5.02 Å². The fourth-order valence-corrected chi connectivity index (χ4v) is 4.48. The zero-order chi connectivity index (χ0) is 21.0. The standard InChI is InChI=1S/C20H23ClN2O5S/c1-3-17(23(29(2,25)26)15-10-8-14(21)9-11-15)20(24)22-12-16-13-27-18-6-4-5-7-19(18)28-16/h4-11,16-17H,3,12-13H2,1-2H3,(H,22,24)/t16-,17-/m1/s1. The molecule has 0 fully saturated rings.